The van der Waals surface area contributed by atoms with Gasteiger partial charge >= 0.3 is 5.97 Å². The first kappa shape index (κ1) is 19.5. The Kier molecular flexibility index (Phi) is 10.6. The fourth-order valence-corrected chi connectivity index (χ4v) is 3.30. The van der Waals surface area contributed by atoms with E-state index < -0.39 is 6.10 Å². The monoisotopic (exact) mass is 312 g/mol. The molecule has 0 spiro atoms. The zero-order valence-electron chi connectivity index (χ0n) is 14.7. The molecule has 1 saturated heterocycles. The van der Waals surface area contributed by atoms with E-state index in [1.807, 2.05) is 0 Å². The van der Waals surface area contributed by atoms with Crippen LogP contribution in [0.15, 0.2) is 0 Å². The van der Waals surface area contributed by atoms with E-state index in [1.54, 1.807) is 6.92 Å². The lowest BCUT2D eigenvalue weighted by Crippen LogP contribution is -2.24. The molecule has 130 valence electrons. The third kappa shape index (κ3) is 7.62. The number of aliphatic hydroxyl groups excluding tert-OH is 1. The first-order valence-corrected chi connectivity index (χ1v) is 9.55. The fourth-order valence-electron chi connectivity index (χ4n) is 3.30. The van der Waals surface area contributed by atoms with Crippen molar-refractivity contribution in [2.24, 2.45) is 5.92 Å². The Balaban J connectivity index is 1.85. The van der Waals surface area contributed by atoms with E-state index in [1.165, 1.54) is 70.6 Å². The van der Waals surface area contributed by atoms with Crippen LogP contribution in [0.25, 0.3) is 0 Å². The van der Waals surface area contributed by atoms with Crippen LogP contribution in [0.1, 0.15) is 97.3 Å². The lowest BCUT2D eigenvalue weighted by molar-refractivity contribution is -0.143. The summed E-state index contributed by atoms with van der Waals surface area (Å²) >= 11 is 0. The van der Waals surface area contributed by atoms with Crippen LogP contribution in [0.2, 0.25) is 0 Å². The topological polar surface area (TPSA) is 46.5 Å². The van der Waals surface area contributed by atoms with Crippen molar-refractivity contribution in [3.63, 3.8) is 0 Å². The zero-order valence-corrected chi connectivity index (χ0v) is 14.7. The number of rotatable bonds is 13. The van der Waals surface area contributed by atoms with E-state index in [0.29, 0.717) is 0 Å². The molecule has 0 aromatic heterocycles. The van der Waals surface area contributed by atoms with Gasteiger partial charge < -0.3 is 9.84 Å². The predicted octanol–water partition coefficient (Wildman–Crippen LogP) is 5.00. The summed E-state index contributed by atoms with van der Waals surface area (Å²) in [5.74, 6) is -0.485. The number of hydrogen-bond acceptors (Lipinski definition) is 3. The first-order chi connectivity index (χ1) is 10.7. The van der Waals surface area contributed by atoms with Gasteiger partial charge in [0.25, 0.3) is 0 Å². The van der Waals surface area contributed by atoms with Gasteiger partial charge in [-0.25, -0.2) is 0 Å². The second-order valence-corrected chi connectivity index (χ2v) is 6.92. The second kappa shape index (κ2) is 11.9. The van der Waals surface area contributed by atoms with E-state index in [0.717, 1.165) is 12.8 Å². The zero-order chi connectivity index (χ0) is 16.2. The molecule has 1 N–H and O–H groups in total. The molecule has 0 aliphatic carbocycles. The van der Waals surface area contributed by atoms with Crippen LogP contribution >= 0.6 is 0 Å². The molecule has 1 aliphatic heterocycles. The standard InChI is InChI=1S/C19H36O3/c1-3-4-5-6-7-8-9-10-11-12-13-14-15-17-18(20)16(2)22-19(17)21/h16-18,20H,3-15H2,1-2H3. The summed E-state index contributed by atoms with van der Waals surface area (Å²) in [6, 6.07) is 0. The number of cyclic esters (lactones) is 1. The van der Waals surface area contributed by atoms with Crippen molar-refractivity contribution in [1.82, 2.24) is 0 Å². The van der Waals surface area contributed by atoms with Gasteiger partial charge in [0.05, 0.1) is 5.92 Å². The summed E-state index contributed by atoms with van der Waals surface area (Å²) in [5, 5.41) is 9.86. The minimum Gasteiger partial charge on any atom is -0.460 e. The molecule has 1 rings (SSSR count). The van der Waals surface area contributed by atoms with Crippen LogP contribution in [-0.2, 0) is 9.53 Å². The van der Waals surface area contributed by atoms with Crippen LogP contribution in [0, 0.1) is 5.92 Å². The summed E-state index contributed by atoms with van der Waals surface area (Å²) in [6.07, 6.45) is 15.7. The summed E-state index contributed by atoms with van der Waals surface area (Å²) < 4.78 is 5.05. The van der Waals surface area contributed by atoms with Crippen molar-refractivity contribution < 1.29 is 14.6 Å². The summed E-state index contributed by atoms with van der Waals surface area (Å²) in [5.41, 5.74) is 0. The van der Waals surface area contributed by atoms with Gasteiger partial charge in [-0.05, 0) is 13.3 Å². The molecule has 1 fully saturated rings. The highest BCUT2D eigenvalue weighted by Gasteiger charge is 2.40. The SMILES string of the molecule is CCCCCCCCCCCCCCC1C(=O)OC(C)C1O. The lowest BCUT2D eigenvalue weighted by Gasteiger charge is -2.11. The smallest absolute Gasteiger partial charge is 0.312 e. The van der Waals surface area contributed by atoms with E-state index in [2.05, 4.69) is 6.92 Å². The van der Waals surface area contributed by atoms with E-state index in [4.69, 9.17) is 4.74 Å². The van der Waals surface area contributed by atoms with Crippen LogP contribution < -0.4 is 0 Å². The van der Waals surface area contributed by atoms with Gasteiger partial charge in [0.1, 0.15) is 12.2 Å². The fraction of sp³-hybridized carbons (Fsp3) is 0.947. The molecule has 0 bridgehead atoms. The van der Waals surface area contributed by atoms with Crippen LogP contribution in [0.3, 0.4) is 0 Å². The third-order valence-electron chi connectivity index (χ3n) is 4.87. The Morgan fingerprint density at radius 2 is 1.32 bits per heavy atom. The largest absolute Gasteiger partial charge is 0.460 e. The van der Waals surface area contributed by atoms with Gasteiger partial charge in [0, 0.05) is 0 Å². The van der Waals surface area contributed by atoms with Gasteiger partial charge in [-0.3, -0.25) is 4.79 Å². The maximum Gasteiger partial charge on any atom is 0.312 e. The lowest BCUT2D eigenvalue weighted by atomic mass is 9.95. The van der Waals surface area contributed by atoms with Crippen molar-refractivity contribution in [2.75, 3.05) is 0 Å². The average Bonchev–Trinajstić information content (AvgIpc) is 2.74. The molecule has 3 atom stereocenters. The summed E-state index contributed by atoms with van der Waals surface area (Å²) in [4.78, 5) is 11.5. The molecule has 0 aromatic carbocycles. The van der Waals surface area contributed by atoms with Crippen molar-refractivity contribution in [1.29, 1.82) is 0 Å². The van der Waals surface area contributed by atoms with Gasteiger partial charge in [-0.2, -0.15) is 0 Å². The number of carbonyl (C=O) groups is 1. The Morgan fingerprint density at radius 1 is 0.864 bits per heavy atom. The molecule has 0 aromatic rings. The molecule has 0 amide bonds. The second-order valence-electron chi connectivity index (χ2n) is 6.92. The Bertz CT molecular complexity index is 290. The van der Waals surface area contributed by atoms with Crippen molar-refractivity contribution in [3.8, 4) is 0 Å². The van der Waals surface area contributed by atoms with Gasteiger partial charge in [0.15, 0.2) is 0 Å². The van der Waals surface area contributed by atoms with Gasteiger partial charge in [-0.1, -0.05) is 84.0 Å². The van der Waals surface area contributed by atoms with E-state index in [9.17, 15) is 9.90 Å². The number of carbonyl (C=O) groups excluding carboxylic acids is 1. The minimum atomic E-state index is -0.597. The number of unbranched alkanes of at least 4 members (excludes halogenated alkanes) is 11. The Morgan fingerprint density at radius 3 is 1.73 bits per heavy atom. The van der Waals surface area contributed by atoms with Crippen LogP contribution in [0.5, 0.6) is 0 Å². The quantitative estimate of drug-likeness (QED) is 0.384. The van der Waals surface area contributed by atoms with Crippen molar-refractivity contribution in [2.45, 2.75) is 110 Å². The normalized spacial score (nSPS) is 24.7. The molecular formula is C19H36O3. The van der Waals surface area contributed by atoms with Crippen molar-refractivity contribution in [3.05, 3.63) is 0 Å². The maximum atomic E-state index is 11.5. The van der Waals surface area contributed by atoms with Crippen LogP contribution in [0.4, 0.5) is 0 Å². The highest BCUT2D eigenvalue weighted by atomic mass is 16.6. The van der Waals surface area contributed by atoms with Crippen LogP contribution in [-0.4, -0.2) is 23.3 Å². The third-order valence-corrected chi connectivity index (χ3v) is 4.87. The molecule has 3 nitrogen and oxygen atoms in total. The number of esters is 1. The molecule has 3 unspecified atom stereocenters. The Hall–Kier alpha value is -0.570. The van der Waals surface area contributed by atoms with Gasteiger partial charge in [0.2, 0.25) is 0 Å². The Labute approximate surface area is 136 Å². The number of hydrogen-bond donors (Lipinski definition) is 1. The number of aliphatic hydroxyl groups is 1. The molecule has 1 aliphatic rings. The predicted molar refractivity (Wildman–Crippen MR) is 90.7 cm³/mol. The highest BCUT2D eigenvalue weighted by Crippen LogP contribution is 2.26. The minimum absolute atomic E-state index is 0.205. The summed E-state index contributed by atoms with van der Waals surface area (Å²) in [6.45, 7) is 4.03. The molecule has 0 radical (unpaired) electrons. The molecule has 1 heterocycles. The molecule has 3 heteroatoms. The first-order valence-electron chi connectivity index (χ1n) is 9.55. The average molecular weight is 312 g/mol. The van der Waals surface area contributed by atoms with E-state index in [-0.39, 0.29) is 18.0 Å². The van der Waals surface area contributed by atoms with E-state index >= 15 is 0 Å². The van der Waals surface area contributed by atoms with Crippen molar-refractivity contribution >= 4 is 5.97 Å². The number of ether oxygens (including phenoxy) is 1. The highest BCUT2D eigenvalue weighted by molar-refractivity contribution is 5.75. The maximum absolute atomic E-state index is 11.5. The van der Waals surface area contributed by atoms with Gasteiger partial charge in [-0.15, -0.1) is 0 Å². The molecular weight excluding hydrogens is 276 g/mol. The summed E-state index contributed by atoms with van der Waals surface area (Å²) in [7, 11) is 0. The molecule has 0 saturated carbocycles. The molecule has 22 heavy (non-hydrogen) atoms.